The van der Waals surface area contributed by atoms with Crippen molar-refractivity contribution >= 4 is 32.8 Å². The molecule has 3 aromatic rings. The highest BCUT2D eigenvalue weighted by Gasteiger charge is 2.24. The third-order valence-corrected chi connectivity index (χ3v) is 7.00. The van der Waals surface area contributed by atoms with Crippen LogP contribution < -0.4 is 10.1 Å². The van der Waals surface area contributed by atoms with Gasteiger partial charge in [0.15, 0.2) is 0 Å². The van der Waals surface area contributed by atoms with Crippen LogP contribution in [0.25, 0.3) is 0 Å². The predicted molar refractivity (Wildman–Crippen MR) is 129 cm³/mol. The molecule has 1 aliphatic rings. The summed E-state index contributed by atoms with van der Waals surface area (Å²) in [4.78, 5) is 10.5. The Balaban J connectivity index is 1.72. The number of aryl methyl sites for hydroxylation is 3. The fraction of sp³-hybridized carbons (Fsp3) is 0.208. The van der Waals surface area contributed by atoms with Crippen LogP contribution in [0.1, 0.15) is 35.1 Å². The van der Waals surface area contributed by atoms with Crippen LogP contribution in [0.4, 0.5) is 17.1 Å². The van der Waals surface area contributed by atoms with Crippen molar-refractivity contribution in [3.63, 3.8) is 0 Å². The maximum absolute atomic E-state index is 13.3. The van der Waals surface area contributed by atoms with Crippen molar-refractivity contribution in [3.05, 3.63) is 93.0 Å². The Kier molecular flexibility index (Phi) is 6.15. The number of hydrogen-bond acceptors (Lipinski definition) is 6. The number of sulfonamides is 1. The summed E-state index contributed by atoms with van der Waals surface area (Å²) in [5, 5.41) is 15.8. The van der Waals surface area contributed by atoms with Crippen molar-refractivity contribution in [2.24, 2.45) is 5.10 Å². The molecule has 9 heteroatoms. The topological polar surface area (TPSA) is 114 Å². The van der Waals surface area contributed by atoms with Crippen molar-refractivity contribution in [2.45, 2.75) is 38.0 Å². The maximum Gasteiger partial charge on any atom is 0.270 e. The molecule has 0 saturated heterocycles. The van der Waals surface area contributed by atoms with Gasteiger partial charge >= 0.3 is 0 Å². The van der Waals surface area contributed by atoms with Crippen molar-refractivity contribution < 1.29 is 13.3 Å². The fourth-order valence-electron chi connectivity index (χ4n) is 3.91. The van der Waals surface area contributed by atoms with E-state index in [4.69, 9.17) is 0 Å². The largest absolute Gasteiger partial charge is 0.279 e. The number of nitro groups is 1. The molecule has 0 amide bonds. The SMILES string of the molecule is Cc1ccc(NS(=O)(=O)c2cc([N+](=O)[O-])ccc2N/N=C2/CCCc3ccccc32)c(C)c1. The van der Waals surface area contributed by atoms with E-state index in [2.05, 4.69) is 21.3 Å². The van der Waals surface area contributed by atoms with Gasteiger partial charge in [-0.2, -0.15) is 5.10 Å². The zero-order valence-corrected chi connectivity index (χ0v) is 19.1. The molecule has 4 rings (SSSR count). The first-order valence-electron chi connectivity index (χ1n) is 10.5. The average Bonchev–Trinajstić information content (AvgIpc) is 2.79. The molecule has 3 aromatic carbocycles. The highest BCUT2D eigenvalue weighted by molar-refractivity contribution is 7.92. The van der Waals surface area contributed by atoms with Crippen LogP contribution in [-0.4, -0.2) is 19.1 Å². The summed E-state index contributed by atoms with van der Waals surface area (Å²) in [5.41, 5.74) is 7.88. The highest BCUT2D eigenvalue weighted by Crippen LogP contribution is 2.30. The number of nitro benzene ring substituents is 1. The summed E-state index contributed by atoms with van der Waals surface area (Å²) >= 11 is 0. The van der Waals surface area contributed by atoms with Gasteiger partial charge in [0.1, 0.15) is 4.90 Å². The van der Waals surface area contributed by atoms with E-state index in [-0.39, 0.29) is 16.3 Å². The molecule has 1 aliphatic carbocycles. The lowest BCUT2D eigenvalue weighted by atomic mass is 9.90. The smallest absolute Gasteiger partial charge is 0.270 e. The third-order valence-electron chi connectivity index (χ3n) is 5.59. The number of benzene rings is 3. The zero-order chi connectivity index (χ0) is 23.6. The van der Waals surface area contributed by atoms with Crippen LogP contribution in [0.5, 0.6) is 0 Å². The molecule has 0 saturated carbocycles. The van der Waals surface area contributed by atoms with Gasteiger partial charge in [-0.1, -0.05) is 42.0 Å². The number of fused-ring (bicyclic) bond motifs is 1. The summed E-state index contributed by atoms with van der Waals surface area (Å²) < 4.78 is 29.1. The minimum atomic E-state index is -4.13. The number of hydrazone groups is 1. The van der Waals surface area contributed by atoms with Crippen molar-refractivity contribution in [1.29, 1.82) is 0 Å². The Morgan fingerprint density at radius 3 is 2.48 bits per heavy atom. The van der Waals surface area contributed by atoms with E-state index in [0.29, 0.717) is 5.69 Å². The third kappa shape index (κ3) is 4.88. The molecule has 170 valence electrons. The molecule has 0 aromatic heterocycles. The van der Waals surface area contributed by atoms with Crippen LogP contribution in [-0.2, 0) is 16.4 Å². The number of rotatable bonds is 6. The minimum absolute atomic E-state index is 0.161. The Hall–Kier alpha value is -3.72. The second kappa shape index (κ2) is 9.03. The van der Waals surface area contributed by atoms with Gasteiger partial charge in [0.2, 0.25) is 0 Å². The number of nitrogens with one attached hydrogen (secondary N) is 2. The van der Waals surface area contributed by atoms with Crippen LogP contribution >= 0.6 is 0 Å². The molecule has 0 spiro atoms. The number of non-ortho nitro benzene ring substituents is 1. The monoisotopic (exact) mass is 464 g/mol. The second-order valence-electron chi connectivity index (χ2n) is 8.04. The van der Waals surface area contributed by atoms with Crippen molar-refractivity contribution in [3.8, 4) is 0 Å². The van der Waals surface area contributed by atoms with Crippen molar-refractivity contribution in [1.82, 2.24) is 0 Å². The van der Waals surface area contributed by atoms with Gasteiger partial charge in [-0.15, -0.1) is 0 Å². The Bertz CT molecular complexity index is 1370. The molecule has 0 radical (unpaired) electrons. The normalized spacial score (nSPS) is 14.5. The Morgan fingerprint density at radius 1 is 0.970 bits per heavy atom. The molecule has 8 nitrogen and oxygen atoms in total. The van der Waals surface area contributed by atoms with Gasteiger partial charge < -0.3 is 0 Å². The first-order chi connectivity index (χ1) is 15.7. The highest BCUT2D eigenvalue weighted by atomic mass is 32.2. The van der Waals surface area contributed by atoms with Gasteiger partial charge in [-0.05, 0) is 56.4 Å². The molecule has 0 atom stereocenters. The summed E-state index contributed by atoms with van der Waals surface area (Å²) in [6.07, 6.45) is 2.66. The van der Waals surface area contributed by atoms with E-state index in [1.165, 1.54) is 17.7 Å². The minimum Gasteiger partial charge on any atom is -0.279 e. The number of nitrogens with zero attached hydrogens (tertiary/aromatic N) is 2. The Morgan fingerprint density at radius 2 is 1.73 bits per heavy atom. The molecule has 0 aliphatic heterocycles. The zero-order valence-electron chi connectivity index (χ0n) is 18.3. The van der Waals surface area contributed by atoms with Gasteiger partial charge in [-0.25, -0.2) is 8.42 Å². The number of anilines is 2. The maximum atomic E-state index is 13.3. The molecule has 0 unspecified atom stereocenters. The molecule has 0 heterocycles. The molecule has 0 fully saturated rings. The summed E-state index contributed by atoms with van der Waals surface area (Å²) in [7, 11) is -4.13. The summed E-state index contributed by atoms with van der Waals surface area (Å²) in [6.45, 7) is 3.71. The number of hydrogen-bond donors (Lipinski definition) is 2. The predicted octanol–water partition coefficient (Wildman–Crippen LogP) is 5.16. The lowest BCUT2D eigenvalue weighted by Gasteiger charge is -2.18. The van der Waals surface area contributed by atoms with Crippen LogP contribution in [0.3, 0.4) is 0 Å². The quantitative estimate of drug-likeness (QED) is 0.386. The second-order valence-corrected chi connectivity index (χ2v) is 9.69. The fourth-order valence-corrected chi connectivity index (χ4v) is 5.22. The van der Waals surface area contributed by atoms with E-state index < -0.39 is 14.9 Å². The Labute approximate surface area is 192 Å². The van der Waals surface area contributed by atoms with Gasteiger partial charge in [-0.3, -0.25) is 20.3 Å². The first-order valence-corrected chi connectivity index (χ1v) is 12.0. The standard InChI is InChI=1S/C24H24N4O4S/c1-16-10-12-21(17(2)14-16)27-33(31,32)24-15-19(28(29)30)11-13-23(24)26-25-22-9-5-7-18-6-3-4-8-20(18)22/h3-4,6,8,10-15,26-27H,5,7,9H2,1-2H3/b25-22-. The lowest BCUT2D eigenvalue weighted by molar-refractivity contribution is -0.385. The molecular weight excluding hydrogens is 440 g/mol. The molecular formula is C24H24N4O4S. The molecule has 33 heavy (non-hydrogen) atoms. The summed E-state index contributed by atoms with van der Waals surface area (Å²) in [6, 6.07) is 17.0. The van der Waals surface area contributed by atoms with E-state index in [9.17, 15) is 18.5 Å². The van der Waals surface area contributed by atoms with E-state index >= 15 is 0 Å². The lowest BCUT2D eigenvalue weighted by Crippen LogP contribution is -2.17. The van der Waals surface area contributed by atoms with Crippen LogP contribution in [0.2, 0.25) is 0 Å². The molecule has 2 N–H and O–H groups in total. The van der Waals surface area contributed by atoms with E-state index in [1.54, 1.807) is 19.1 Å². The molecule has 0 bridgehead atoms. The van der Waals surface area contributed by atoms with Gasteiger partial charge in [0.25, 0.3) is 15.7 Å². The van der Waals surface area contributed by atoms with Gasteiger partial charge in [0.05, 0.1) is 22.0 Å². The van der Waals surface area contributed by atoms with E-state index in [0.717, 1.165) is 47.7 Å². The van der Waals surface area contributed by atoms with Crippen LogP contribution in [0.15, 0.2) is 70.7 Å². The van der Waals surface area contributed by atoms with Crippen molar-refractivity contribution in [2.75, 3.05) is 10.1 Å². The first kappa shape index (κ1) is 22.5. The van der Waals surface area contributed by atoms with Gasteiger partial charge in [0, 0.05) is 17.7 Å². The summed E-state index contributed by atoms with van der Waals surface area (Å²) in [5.74, 6) is 0. The average molecular weight is 465 g/mol. The van der Waals surface area contributed by atoms with E-state index in [1.807, 2.05) is 31.2 Å². The van der Waals surface area contributed by atoms with Crippen LogP contribution in [0, 0.1) is 24.0 Å².